The number of nitrogens with zero attached hydrogens (tertiary/aromatic N) is 1. The molecule has 2 N–H and O–H groups in total. The van der Waals surface area contributed by atoms with Crippen LogP contribution in [0.25, 0.3) is 11.1 Å². The molecule has 2 unspecified atom stereocenters. The van der Waals surface area contributed by atoms with E-state index in [-0.39, 0.29) is 0 Å². The van der Waals surface area contributed by atoms with Gasteiger partial charge in [-0.25, -0.2) is 4.98 Å². The molecule has 1 aromatic carbocycles. The van der Waals surface area contributed by atoms with E-state index in [1.165, 1.54) is 12.8 Å². The monoisotopic (exact) mass is 246 g/mol. The van der Waals surface area contributed by atoms with Gasteiger partial charge in [0, 0.05) is 12.0 Å². The van der Waals surface area contributed by atoms with Crippen LogP contribution >= 0.6 is 0 Å². The number of benzene rings is 1. The van der Waals surface area contributed by atoms with Crippen LogP contribution in [-0.2, 0) is 0 Å². The summed E-state index contributed by atoms with van der Waals surface area (Å²) in [5.74, 6) is 2.53. The lowest BCUT2D eigenvalue weighted by molar-refractivity contribution is 0.398. The summed E-state index contributed by atoms with van der Waals surface area (Å²) in [6.07, 6.45) is 3.53. The SMILES string of the molecule is COc1ccc2nc(C3CCCC3CN)oc2c1. The Bertz CT molecular complexity index is 550. The van der Waals surface area contributed by atoms with E-state index in [2.05, 4.69) is 4.98 Å². The van der Waals surface area contributed by atoms with E-state index in [1.807, 2.05) is 18.2 Å². The van der Waals surface area contributed by atoms with Crippen molar-refractivity contribution >= 4 is 11.1 Å². The van der Waals surface area contributed by atoms with Crippen molar-refractivity contribution in [3.8, 4) is 5.75 Å². The zero-order valence-corrected chi connectivity index (χ0v) is 10.6. The van der Waals surface area contributed by atoms with Crippen molar-refractivity contribution in [3.05, 3.63) is 24.1 Å². The first-order valence-corrected chi connectivity index (χ1v) is 6.46. The van der Waals surface area contributed by atoms with E-state index in [1.54, 1.807) is 7.11 Å². The van der Waals surface area contributed by atoms with Crippen molar-refractivity contribution < 1.29 is 9.15 Å². The Labute approximate surface area is 106 Å². The fourth-order valence-corrected chi connectivity index (χ4v) is 2.85. The Balaban J connectivity index is 1.97. The molecule has 4 nitrogen and oxygen atoms in total. The van der Waals surface area contributed by atoms with E-state index in [0.29, 0.717) is 18.4 Å². The van der Waals surface area contributed by atoms with Gasteiger partial charge in [0.05, 0.1) is 7.11 Å². The molecular weight excluding hydrogens is 228 g/mol. The van der Waals surface area contributed by atoms with Gasteiger partial charge in [-0.2, -0.15) is 0 Å². The highest BCUT2D eigenvalue weighted by Gasteiger charge is 2.31. The third kappa shape index (κ3) is 1.86. The highest BCUT2D eigenvalue weighted by atomic mass is 16.5. The molecule has 1 saturated carbocycles. The normalized spacial score (nSPS) is 23.7. The van der Waals surface area contributed by atoms with Crippen LogP contribution in [0.4, 0.5) is 0 Å². The van der Waals surface area contributed by atoms with Crippen molar-refractivity contribution in [2.45, 2.75) is 25.2 Å². The van der Waals surface area contributed by atoms with E-state index < -0.39 is 0 Å². The predicted molar refractivity (Wildman–Crippen MR) is 69.7 cm³/mol. The molecule has 2 atom stereocenters. The molecule has 1 fully saturated rings. The van der Waals surface area contributed by atoms with E-state index in [9.17, 15) is 0 Å². The number of methoxy groups -OCH3 is 1. The molecule has 0 aliphatic heterocycles. The van der Waals surface area contributed by atoms with Gasteiger partial charge in [-0.05, 0) is 37.4 Å². The second-order valence-corrected chi connectivity index (χ2v) is 4.92. The number of hydrogen-bond acceptors (Lipinski definition) is 4. The van der Waals surface area contributed by atoms with Gasteiger partial charge in [0.15, 0.2) is 11.5 Å². The molecule has 1 heterocycles. The Kier molecular flexibility index (Phi) is 2.96. The number of fused-ring (bicyclic) bond motifs is 1. The van der Waals surface area contributed by atoms with Crippen molar-refractivity contribution in [3.63, 3.8) is 0 Å². The van der Waals surface area contributed by atoms with Crippen molar-refractivity contribution in [1.82, 2.24) is 4.98 Å². The summed E-state index contributed by atoms with van der Waals surface area (Å²) in [6, 6.07) is 5.73. The summed E-state index contributed by atoms with van der Waals surface area (Å²) in [5.41, 5.74) is 7.51. The summed E-state index contributed by atoms with van der Waals surface area (Å²) in [5, 5.41) is 0. The van der Waals surface area contributed by atoms with Crippen molar-refractivity contribution in [2.24, 2.45) is 11.7 Å². The fraction of sp³-hybridized carbons (Fsp3) is 0.500. The number of nitrogens with two attached hydrogens (primary N) is 1. The first kappa shape index (κ1) is 11.5. The molecule has 4 heteroatoms. The molecule has 18 heavy (non-hydrogen) atoms. The first-order chi connectivity index (χ1) is 8.81. The van der Waals surface area contributed by atoms with Gasteiger partial charge in [-0.15, -0.1) is 0 Å². The lowest BCUT2D eigenvalue weighted by atomic mass is 9.96. The molecule has 1 aromatic heterocycles. The fourth-order valence-electron chi connectivity index (χ4n) is 2.85. The third-order valence-electron chi connectivity index (χ3n) is 3.89. The number of aromatic nitrogens is 1. The van der Waals surface area contributed by atoms with Crippen LogP contribution in [0.3, 0.4) is 0 Å². The standard InChI is InChI=1S/C14H18N2O2/c1-17-10-5-6-12-13(7-10)18-14(16-12)11-4-2-3-9(11)8-15/h5-7,9,11H,2-4,8,15H2,1H3. The van der Waals surface area contributed by atoms with E-state index >= 15 is 0 Å². The minimum absolute atomic E-state index is 0.383. The average molecular weight is 246 g/mol. The highest BCUT2D eigenvalue weighted by molar-refractivity contribution is 5.74. The summed E-state index contributed by atoms with van der Waals surface area (Å²) in [4.78, 5) is 4.59. The third-order valence-corrected chi connectivity index (χ3v) is 3.89. The van der Waals surface area contributed by atoms with Crippen LogP contribution in [-0.4, -0.2) is 18.6 Å². The predicted octanol–water partition coefficient (Wildman–Crippen LogP) is 2.68. The van der Waals surface area contributed by atoms with Gasteiger partial charge < -0.3 is 14.9 Å². The second kappa shape index (κ2) is 4.61. The lowest BCUT2D eigenvalue weighted by Gasteiger charge is -2.13. The highest BCUT2D eigenvalue weighted by Crippen LogP contribution is 2.39. The minimum atomic E-state index is 0.383. The van der Waals surface area contributed by atoms with Gasteiger partial charge in [-0.1, -0.05) is 6.42 Å². The van der Waals surface area contributed by atoms with Crippen LogP contribution in [0.15, 0.2) is 22.6 Å². The first-order valence-electron chi connectivity index (χ1n) is 6.46. The van der Waals surface area contributed by atoms with Gasteiger partial charge in [0.2, 0.25) is 0 Å². The number of ether oxygens (including phenoxy) is 1. The lowest BCUT2D eigenvalue weighted by Crippen LogP contribution is -2.17. The molecular formula is C14H18N2O2. The maximum absolute atomic E-state index is 5.88. The second-order valence-electron chi connectivity index (χ2n) is 4.92. The molecule has 1 aliphatic rings. The average Bonchev–Trinajstić information content (AvgIpc) is 3.03. The number of oxazole rings is 1. The van der Waals surface area contributed by atoms with Gasteiger partial charge in [-0.3, -0.25) is 0 Å². The van der Waals surface area contributed by atoms with Gasteiger partial charge in [0.25, 0.3) is 0 Å². The van der Waals surface area contributed by atoms with Gasteiger partial charge in [0.1, 0.15) is 11.3 Å². The molecule has 0 spiro atoms. The van der Waals surface area contributed by atoms with Crippen LogP contribution in [0.5, 0.6) is 5.75 Å². The maximum atomic E-state index is 5.88. The van der Waals surface area contributed by atoms with Crippen LogP contribution < -0.4 is 10.5 Å². The largest absolute Gasteiger partial charge is 0.497 e. The maximum Gasteiger partial charge on any atom is 0.198 e. The van der Waals surface area contributed by atoms with Crippen LogP contribution in [0, 0.1) is 5.92 Å². The van der Waals surface area contributed by atoms with Crippen LogP contribution in [0.1, 0.15) is 31.1 Å². The molecule has 2 aromatic rings. The summed E-state index contributed by atoms with van der Waals surface area (Å²) >= 11 is 0. The van der Waals surface area contributed by atoms with Crippen LogP contribution in [0.2, 0.25) is 0 Å². The smallest absolute Gasteiger partial charge is 0.198 e. The summed E-state index contributed by atoms with van der Waals surface area (Å²) < 4.78 is 11.1. The quantitative estimate of drug-likeness (QED) is 0.904. The Hall–Kier alpha value is -1.55. The zero-order chi connectivity index (χ0) is 12.5. The molecule has 0 amide bonds. The zero-order valence-electron chi connectivity index (χ0n) is 10.6. The Morgan fingerprint density at radius 2 is 2.33 bits per heavy atom. The Morgan fingerprint density at radius 3 is 3.11 bits per heavy atom. The van der Waals surface area contributed by atoms with E-state index in [4.69, 9.17) is 14.9 Å². The topological polar surface area (TPSA) is 61.3 Å². The molecule has 3 rings (SSSR count). The minimum Gasteiger partial charge on any atom is -0.497 e. The summed E-state index contributed by atoms with van der Waals surface area (Å²) in [6.45, 7) is 0.715. The van der Waals surface area contributed by atoms with Crippen molar-refractivity contribution in [1.29, 1.82) is 0 Å². The number of rotatable bonds is 3. The summed E-state index contributed by atoms with van der Waals surface area (Å²) in [7, 11) is 1.65. The van der Waals surface area contributed by atoms with Gasteiger partial charge >= 0.3 is 0 Å². The number of hydrogen-bond donors (Lipinski definition) is 1. The van der Waals surface area contributed by atoms with E-state index in [0.717, 1.165) is 29.2 Å². The molecule has 0 radical (unpaired) electrons. The molecule has 1 aliphatic carbocycles. The molecule has 0 saturated heterocycles. The Morgan fingerprint density at radius 1 is 1.44 bits per heavy atom. The molecule has 0 bridgehead atoms. The van der Waals surface area contributed by atoms with Crippen molar-refractivity contribution in [2.75, 3.05) is 13.7 Å². The molecule has 96 valence electrons.